The lowest BCUT2D eigenvalue weighted by Gasteiger charge is -2.34. The molecule has 0 saturated carbocycles. The van der Waals surface area contributed by atoms with E-state index >= 15 is 0 Å². The first-order valence-corrected chi connectivity index (χ1v) is 9.29. The Balaban J connectivity index is 1.69. The number of rotatable bonds is 6. The first-order chi connectivity index (χ1) is 14.4. The average Bonchev–Trinajstić information content (AvgIpc) is 3.19. The molecule has 1 saturated heterocycles. The number of aromatic nitrogens is 4. The number of hydrogen-bond donors (Lipinski definition) is 1. The van der Waals surface area contributed by atoms with Crippen LogP contribution >= 0.6 is 0 Å². The van der Waals surface area contributed by atoms with Gasteiger partial charge in [-0.1, -0.05) is 12.0 Å². The number of imidazole rings is 1. The number of hydrogen-bond acceptors (Lipinski definition) is 7. The number of carbonyl (C=O) groups excluding carboxylic acids is 3. The molecule has 1 aliphatic heterocycles. The minimum Gasteiger partial charge on any atom is -0.363 e. The van der Waals surface area contributed by atoms with E-state index in [1.54, 1.807) is 11.0 Å². The van der Waals surface area contributed by atoms with Gasteiger partial charge in [0.05, 0.1) is 12.4 Å². The molecule has 0 aliphatic carbocycles. The Labute approximate surface area is 173 Å². The third-order valence-corrected chi connectivity index (χ3v) is 4.72. The number of Topliss-reactive ketones (excluding diaryl/α,β-unsaturated/α-hetero) is 1. The van der Waals surface area contributed by atoms with Gasteiger partial charge in [0.1, 0.15) is 0 Å². The lowest BCUT2D eigenvalue weighted by molar-refractivity contribution is -0.114. The fraction of sp³-hybridized carbons (Fsp3) is 0.300. The summed E-state index contributed by atoms with van der Waals surface area (Å²) in [6, 6.07) is 0. The second-order valence-corrected chi connectivity index (χ2v) is 6.62. The second-order valence-electron chi connectivity index (χ2n) is 6.62. The van der Waals surface area contributed by atoms with E-state index in [-0.39, 0.29) is 23.1 Å². The van der Waals surface area contributed by atoms with Crippen molar-refractivity contribution in [3.8, 4) is 12.3 Å². The van der Waals surface area contributed by atoms with Gasteiger partial charge in [-0.3, -0.25) is 19.3 Å². The van der Waals surface area contributed by atoms with Gasteiger partial charge < -0.3 is 10.6 Å². The minimum absolute atomic E-state index is 0.0542. The van der Waals surface area contributed by atoms with Gasteiger partial charge in [0.2, 0.25) is 5.82 Å². The summed E-state index contributed by atoms with van der Waals surface area (Å²) in [6.07, 6.45) is 13.4. The molecule has 30 heavy (non-hydrogen) atoms. The van der Waals surface area contributed by atoms with Crippen molar-refractivity contribution >= 4 is 23.2 Å². The van der Waals surface area contributed by atoms with E-state index in [0.29, 0.717) is 26.2 Å². The molecule has 0 unspecified atom stereocenters. The smallest absolute Gasteiger partial charge is 0.293 e. The van der Waals surface area contributed by atoms with Crippen molar-refractivity contribution in [2.24, 2.45) is 5.73 Å². The standard InChI is InChI=1S/C20H21N7O3/c1-3-5-6-14(4-2)13-25-7-9-26(10-8-25)20(30)15-11-22-16-12-23-19(27(16)24-15)17(28)18(21)29/h1,4-6,11-12H,7-10,13H2,2H3,(H2,21,29)/b6-5-,14-4+. The van der Waals surface area contributed by atoms with Crippen molar-refractivity contribution in [1.82, 2.24) is 29.4 Å². The maximum atomic E-state index is 12.9. The number of fused-ring (bicyclic) bond motifs is 1. The summed E-state index contributed by atoms with van der Waals surface area (Å²) in [6.45, 7) is 5.13. The molecule has 0 radical (unpaired) electrons. The van der Waals surface area contributed by atoms with Crippen molar-refractivity contribution < 1.29 is 14.4 Å². The van der Waals surface area contributed by atoms with Crippen molar-refractivity contribution in [3.63, 3.8) is 0 Å². The van der Waals surface area contributed by atoms with E-state index < -0.39 is 11.7 Å². The van der Waals surface area contributed by atoms with Crippen LogP contribution in [-0.2, 0) is 4.79 Å². The Morgan fingerprint density at radius 3 is 2.57 bits per heavy atom. The summed E-state index contributed by atoms with van der Waals surface area (Å²) in [5, 5.41) is 4.15. The van der Waals surface area contributed by atoms with Gasteiger partial charge in [0, 0.05) is 32.7 Å². The lowest BCUT2D eigenvalue weighted by atomic mass is 10.2. The van der Waals surface area contributed by atoms with Gasteiger partial charge in [-0.25, -0.2) is 9.97 Å². The molecule has 2 aromatic heterocycles. The maximum Gasteiger partial charge on any atom is 0.293 e. The van der Waals surface area contributed by atoms with Gasteiger partial charge in [-0.2, -0.15) is 9.61 Å². The SMILES string of the molecule is C#C/C=C\C(=C/C)CN1CCN(C(=O)c2cnc3cnc(C(=O)C(N)=O)n3n2)CC1. The molecule has 0 atom stereocenters. The van der Waals surface area contributed by atoms with Crippen LogP contribution in [0.1, 0.15) is 28.0 Å². The average molecular weight is 407 g/mol. The fourth-order valence-corrected chi connectivity index (χ4v) is 3.07. The predicted octanol–water partition coefficient (Wildman–Crippen LogP) is -0.314. The van der Waals surface area contributed by atoms with Gasteiger partial charge in [-0.05, 0) is 24.6 Å². The Hall–Kier alpha value is -3.84. The van der Waals surface area contributed by atoms with E-state index in [9.17, 15) is 14.4 Å². The minimum atomic E-state index is -1.16. The molecule has 1 fully saturated rings. The molecular formula is C20H21N7O3. The molecule has 2 amide bonds. The zero-order valence-electron chi connectivity index (χ0n) is 16.5. The van der Waals surface area contributed by atoms with Gasteiger partial charge in [-0.15, -0.1) is 6.42 Å². The zero-order chi connectivity index (χ0) is 21.7. The molecule has 3 rings (SSSR count). The molecule has 0 aromatic carbocycles. The largest absolute Gasteiger partial charge is 0.363 e. The number of carbonyl (C=O) groups is 3. The van der Waals surface area contributed by atoms with Crippen LogP contribution in [0.25, 0.3) is 5.65 Å². The summed E-state index contributed by atoms with van der Waals surface area (Å²) < 4.78 is 1.06. The summed E-state index contributed by atoms with van der Waals surface area (Å²) in [5.41, 5.74) is 6.43. The third kappa shape index (κ3) is 4.42. The van der Waals surface area contributed by atoms with Crippen LogP contribution in [0.2, 0.25) is 0 Å². The van der Waals surface area contributed by atoms with E-state index in [0.717, 1.165) is 16.6 Å². The number of nitrogens with zero attached hydrogens (tertiary/aromatic N) is 6. The zero-order valence-corrected chi connectivity index (χ0v) is 16.5. The molecule has 2 aromatic rings. The monoisotopic (exact) mass is 407 g/mol. The van der Waals surface area contributed by atoms with Gasteiger partial charge in [0.25, 0.3) is 17.6 Å². The Morgan fingerprint density at radius 2 is 1.93 bits per heavy atom. The molecule has 0 bridgehead atoms. The molecule has 3 heterocycles. The number of ketones is 1. The highest BCUT2D eigenvalue weighted by Gasteiger charge is 2.25. The topological polar surface area (TPSA) is 127 Å². The van der Waals surface area contributed by atoms with Crippen molar-refractivity contribution in [2.45, 2.75) is 6.92 Å². The molecule has 0 spiro atoms. The molecule has 2 N–H and O–H groups in total. The summed E-state index contributed by atoms with van der Waals surface area (Å²) in [5.74, 6) is -0.264. The Kier molecular flexibility index (Phi) is 6.34. The summed E-state index contributed by atoms with van der Waals surface area (Å²) in [7, 11) is 0. The molecular weight excluding hydrogens is 386 g/mol. The highest BCUT2D eigenvalue weighted by molar-refractivity contribution is 6.41. The molecule has 10 nitrogen and oxygen atoms in total. The summed E-state index contributed by atoms with van der Waals surface area (Å²) >= 11 is 0. The van der Waals surface area contributed by atoms with Gasteiger partial charge >= 0.3 is 0 Å². The van der Waals surface area contributed by atoms with E-state index in [4.69, 9.17) is 12.2 Å². The highest BCUT2D eigenvalue weighted by atomic mass is 16.2. The number of terminal acetylenes is 1. The van der Waals surface area contributed by atoms with Crippen LogP contribution in [0, 0.1) is 12.3 Å². The maximum absolute atomic E-state index is 12.9. The van der Waals surface area contributed by atoms with E-state index in [2.05, 4.69) is 25.9 Å². The Morgan fingerprint density at radius 1 is 1.20 bits per heavy atom. The third-order valence-electron chi connectivity index (χ3n) is 4.72. The first kappa shape index (κ1) is 20.9. The fourth-order valence-electron chi connectivity index (χ4n) is 3.07. The van der Waals surface area contributed by atoms with Crippen LogP contribution in [0.15, 0.2) is 36.2 Å². The number of nitrogens with two attached hydrogens (primary N) is 1. The number of piperazine rings is 1. The second kappa shape index (κ2) is 9.11. The lowest BCUT2D eigenvalue weighted by Crippen LogP contribution is -2.49. The van der Waals surface area contributed by atoms with E-state index in [1.807, 2.05) is 19.1 Å². The number of amides is 2. The first-order valence-electron chi connectivity index (χ1n) is 9.29. The highest BCUT2D eigenvalue weighted by Crippen LogP contribution is 2.11. The summed E-state index contributed by atoms with van der Waals surface area (Å²) in [4.78, 5) is 47.7. The van der Waals surface area contributed by atoms with Crippen molar-refractivity contribution in [2.75, 3.05) is 32.7 Å². The quantitative estimate of drug-likeness (QED) is 0.301. The Bertz CT molecular complexity index is 1090. The predicted molar refractivity (Wildman–Crippen MR) is 108 cm³/mol. The van der Waals surface area contributed by atoms with Crippen LogP contribution in [-0.4, -0.2) is 79.7 Å². The number of allylic oxidation sites excluding steroid dienone is 2. The van der Waals surface area contributed by atoms with Crippen LogP contribution in [0.5, 0.6) is 0 Å². The molecule has 10 heteroatoms. The van der Waals surface area contributed by atoms with Crippen LogP contribution in [0.4, 0.5) is 0 Å². The van der Waals surface area contributed by atoms with Crippen molar-refractivity contribution in [1.29, 1.82) is 0 Å². The van der Waals surface area contributed by atoms with E-state index in [1.165, 1.54) is 12.4 Å². The number of primary amides is 1. The van der Waals surface area contributed by atoms with Crippen LogP contribution < -0.4 is 5.73 Å². The molecule has 1 aliphatic rings. The van der Waals surface area contributed by atoms with Gasteiger partial charge in [0.15, 0.2) is 11.3 Å². The molecule has 154 valence electrons. The van der Waals surface area contributed by atoms with Crippen LogP contribution in [0.3, 0.4) is 0 Å². The normalized spacial score (nSPS) is 15.5. The van der Waals surface area contributed by atoms with Crippen molar-refractivity contribution in [3.05, 3.63) is 47.7 Å².